The van der Waals surface area contributed by atoms with E-state index in [4.69, 9.17) is 0 Å². The van der Waals surface area contributed by atoms with Gasteiger partial charge in [0.25, 0.3) is 0 Å². The first kappa shape index (κ1) is 8.37. The summed E-state index contributed by atoms with van der Waals surface area (Å²) in [5, 5.41) is 0. The zero-order valence-electron chi connectivity index (χ0n) is 6.57. The summed E-state index contributed by atoms with van der Waals surface area (Å²) in [6.07, 6.45) is 2.06. The molecule has 0 bridgehead atoms. The van der Waals surface area contributed by atoms with Gasteiger partial charge in [-0.25, -0.2) is 4.79 Å². The highest BCUT2D eigenvalue weighted by atomic mass is 16.1. The highest BCUT2D eigenvalue weighted by Crippen LogP contribution is 2.17. The number of aldehydes is 1. The average molecular weight is 161 g/mol. The number of benzene rings is 1. The van der Waals surface area contributed by atoms with Crippen molar-refractivity contribution in [2.24, 2.45) is 4.99 Å². The molecule has 0 N–H and O–H groups in total. The van der Waals surface area contributed by atoms with E-state index in [2.05, 4.69) is 4.99 Å². The van der Waals surface area contributed by atoms with Gasteiger partial charge in [0, 0.05) is 5.56 Å². The molecule has 0 saturated carbocycles. The van der Waals surface area contributed by atoms with Gasteiger partial charge in [0.2, 0.25) is 6.08 Å². The summed E-state index contributed by atoms with van der Waals surface area (Å²) in [4.78, 5) is 23.8. The van der Waals surface area contributed by atoms with Crippen LogP contribution in [0.1, 0.15) is 15.9 Å². The summed E-state index contributed by atoms with van der Waals surface area (Å²) < 4.78 is 0. The molecule has 0 atom stereocenters. The zero-order chi connectivity index (χ0) is 8.97. The molecule has 0 saturated heterocycles. The lowest BCUT2D eigenvalue weighted by atomic mass is 10.1. The summed E-state index contributed by atoms with van der Waals surface area (Å²) in [5.74, 6) is 0. The van der Waals surface area contributed by atoms with Crippen LogP contribution >= 0.6 is 0 Å². The summed E-state index contributed by atoms with van der Waals surface area (Å²) >= 11 is 0. The van der Waals surface area contributed by atoms with E-state index in [0.29, 0.717) is 17.5 Å². The van der Waals surface area contributed by atoms with Gasteiger partial charge in [0.15, 0.2) is 6.29 Å². The topological polar surface area (TPSA) is 46.5 Å². The van der Waals surface area contributed by atoms with E-state index in [1.165, 1.54) is 6.08 Å². The minimum atomic E-state index is 0.366. The van der Waals surface area contributed by atoms with Gasteiger partial charge in [0.05, 0.1) is 5.69 Å². The van der Waals surface area contributed by atoms with Gasteiger partial charge in [-0.15, -0.1) is 0 Å². The largest absolute Gasteiger partial charge is 0.298 e. The van der Waals surface area contributed by atoms with Crippen molar-refractivity contribution in [1.29, 1.82) is 0 Å². The van der Waals surface area contributed by atoms with E-state index < -0.39 is 0 Å². The molecule has 0 aliphatic heterocycles. The Morgan fingerprint density at radius 3 is 2.83 bits per heavy atom. The second kappa shape index (κ2) is 3.60. The predicted molar refractivity (Wildman–Crippen MR) is 44.3 cm³/mol. The molecule has 0 radical (unpaired) electrons. The Kier molecular flexibility index (Phi) is 2.51. The zero-order valence-corrected chi connectivity index (χ0v) is 6.57. The van der Waals surface area contributed by atoms with Crippen LogP contribution in [0.4, 0.5) is 5.69 Å². The number of isocyanates is 1. The molecule has 3 nitrogen and oxygen atoms in total. The van der Waals surface area contributed by atoms with E-state index >= 15 is 0 Å². The third-order valence-corrected chi connectivity index (χ3v) is 1.48. The van der Waals surface area contributed by atoms with Crippen LogP contribution in [0.25, 0.3) is 0 Å². The van der Waals surface area contributed by atoms with Crippen molar-refractivity contribution in [2.75, 3.05) is 0 Å². The molecule has 1 aromatic rings. The average Bonchev–Trinajstić information content (AvgIpc) is 2.08. The number of hydrogen-bond donors (Lipinski definition) is 0. The van der Waals surface area contributed by atoms with Gasteiger partial charge in [-0.3, -0.25) is 4.79 Å². The van der Waals surface area contributed by atoms with Crippen molar-refractivity contribution >= 4 is 18.1 Å². The molecule has 0 spiro atoms. The quantitative estimate of drug-likeness (QED) is 0.377. The van der Waals surface area contributed by atoms with Crippen LogP contribution in [-0.4, -0.2) is 12.4 Å². The molecule has 0 aliphatic carbocycles. The SMILES string of the molecule is Cc1ccc(N=C=O)c(C=O)c1. The molecule has 3 heteroatoms. The molecule has 1 aromatic carbocycles. The fraction of sp³-hybridized carbons (Fsp3) is 0.111. The monoisotopic (exact) mass is 161 g/mol. The number of rotatable bonds is 2. The molecule has 0 aromatic heterocycles. The van der Waals surface area contributed by atoms with Crippen molar-refractivity contribution in [1.82, 2.24) is 0 Å². The normalized spacial score (nSPS) is 8.75. The van der Waals surface area contributed by atoms with Crippen LogP contribution in [0.5, 0.6) is 0 Å². The lowest BCUT2D eigenvalue weighted by Gasteiger charge is -1.96. The molecular weight excluding hydrogens is 154 g/mol. The van der Waals surface area contributed by atoms with Crippen LogP contribution in [0.2, 0.25) is 0 Å². The fourth-order valence-corrected chi connectivity index (χ4v) is 0.919. The number of hydrogen-bond acceptors (Lipinski definition) is 3. The van der Waals surface area contributed by atoms with Crippen LogP contribution in [0.3, 0.4) is 0 Å². The Balaban J connectivity index is 3.28. The number of aryl methyl sites for hydroxylation is 1. The Morgan fingerprint density at radius 2 is 2.25 bits per heavy atom. The van der Waals surface area contributed by atoms with E-state index in [9.17, 15) is 9.59 Å². The molecule has 0 fully saturated rings. The minimum Gasteiger partial charge on any atom is -0.298 e. The molecular formula is C9H7NO2. The standard InChI is InChI=1S/C9H7NO2/c1-7-2-3-9(10-6-12)8(4-7)5-11/h2-5H,1H3. The first-order valence-electron chi connectivity index (χ1n) is 3.41. The molecule has 1 rings (SSSR count). The van der Waals surface area contributed by atoms with Crippen molar-refractivity contribution in [2.45, 2.75) is 6.92 Å². The maximum absolute atomic E-state index is 10.5. The number of nitrogens with zero attached hydrogens (tertiary/aromatic N) is 1. The van der Waals surface area contributed by atoms with Crippen molar-refractivity contribution in [3.05, 3.63) is 29.3 Å². The van der Waals surface area contributed by atoms with Crippen LogP contribution < -0.4 is 0 Å². The molecule has 0 aliphatic rings. The fourth-order valence-electron chi connectivity index (χ4n) is 0.919. The van der Waals surface area contributed by atoms with Crippen molar-refractivity contribution in [3.8, 4) is 0 Å². The Morgan fingerprint density at radius 1 is 1.50 bits per heavy atom. The molecule has 0 heterocycles. The number of aliphatic imine (C=N–C) groups is 1. The third-order valence-electron chi connectivity index (χ3n) is 1.48. The van der Waals surface area contributed by atoms with E-state index in [1.807, 2.05) is 6.92 Å². The van der Waals surface area contributed by atoms with Gasteiger partial charge in [0.1, 0.15) is 0 Å². The van der Waals surface area contributed by atoms with E-state index in [0.717, 1.165) is 5.56 Å². The summed E-state index contributed by atoms with van der Waals surface area (Å²) in [6.45, 7) is 1.86. The second-order valence-electron chi connectivity index (χ2n) is 2.38. The van der Waals surface area contributed by atoms with Gasteiger partial charge >= 0.3 is 0 Å². The first-order valence-corrected chi connectivity index (χ1v) is 3.41. The van der Waals surface area contributed by atoms with Gasteiger partial charge in [-0.2, -0.15) is 4.99 Å². The lowest BCUT2D eigenvalue weighted by molar-refractivity contribution is 0.112. The summed E-state index contributed by atoms with van der Waals surface area (Å²) in [5.41, 5.74) is 1.74. The highest BCUT2D eigenvalue weighted by Gasteiger charge is 1.98. The van der Waals surface area contributed by atoms with Crippen LogP contribution in [0.15, 0.2) is 23.2 Å². The molecule has 12 heavy (non-hydrogen) atoms. The minimum absolute atomic E-state index is 0.366. The van der Waals surface area contributed by atoms with E-state index in [1.54, 1.807) is 18.2 Å². The van der Waals surface area contributed by atoms with Gasteiger partial charge in [-0.05, 0) is 19.1 Å². The van der Waals surface area contributed by atoms with Crippen LogP contribution in [0, 0.1) is 6.92 Å². The first-order chi connectivity index (χ1) is 5.77. The maximum Gasteiger partial charge on any atom is 0.240 e. The number of carbonyl (C=O) groups is 1. The third kappa shape index (κ3) is 1.65. The summed E-state index contributed by atoms with van der Waals surface area (Å²) in [7, 11) is 0. The lowest BCUT2D eigenvalue weighted by Crippen LogP contribution is -1.82. The Labute approximate surface area is 69.7 Å². The highest BCUT2D eigenvalue weighted by molar-refractivity contribution is 5.83. The second-order valence-corrected chi connectivity index (χ2v) is 2.38. The van der Waals surface area contributed by atoms with E-state index in [-0.39, 0.29) is 0 Å². The smallest absolute Gasteiger partial charge is 0.240 e. The van der Waals surface area contributed by atoms with Crippen LogP contribution in [-0.2, 0) is 4.79 Å². The van der Waals surface area contributed by atoms with Crippen molar-refractivity contribution in [3.63, 3.8) is 0 Å². The Hall–Kier alpha value is -1.73. The predicted octanol–water partition coefficient (Wildman–Crippen LogP) is 1.77. The van der Waals surface area contributed by atoms with Gasteiger partial charge < -0.3 is 0 Å². The number of carbonyl (C=O) groups excluding carboxylic acids is 2. The molecule has 0 amide bonds. The van der Waals surface area contributed by atoms with Gasteiger partial charge in [-0.1, -0.05) is 11.6 Å². The summed E-state index contributed by atoms with van der Waals surface area (Å²) in [6, 6.07) is 5.07. The maximum atomic E-state index is 10.5. The Bertz CT molecular complexity index is 352. The molecule has 0 unspecified atom stereocenters. The van der Waals surface area contributed by atoms with Crippen molar-refractivity contribution < 1.29 is 9.59 Å². The molecule has 60 valence electrons.